The van der Waals surface area contributed by atoms with Crippen LogP contribution in [0.3, 0.4) is 0 Å². The number of nitrogens with two attached hydrogens (primary N) is 1. The average Bonchev–Trinajstić information content (AvgIpc) is 2.69. The summed E-state index contributed by atoms with van der Waals surface area (Å²) >= 11 is 6.17. The molecule has 0 radical (unpaired) electrons. The Morgan fingerprint density at radius 1 is 1.41 bits per heavy atom. The fraction of sp³-hybridized carbons (Fsp3) is 0.250. The summed E-state index contributed by atoms with van der Waals surface area (Å²) in [5, 5.41) is 7.61. The van der Waals surface area contributed by atoms with E-state index in [-0.39, 0.29) is 0 Å². The van der Waals surface area contributed by atoms with Crippen LogP contribution in [0.25, 0.3) is 11.1 Å². The second-order valence-electron chi connectivity index (χ2n) is 3.69. The molecule has 0 amide bonds. The number of aromatic amines is 1. The number of nitrogens with zero attached hydrogens (tertiary/aromatic N) is 1. The van der Waals surface area contributed by atoms with Crippen molar-refractivity contribution in [2.45, 2.75) is 6.42 Å². The third kappa shape index (κ3) is 2.43. The number of rotatable bonds is 4. The highest BCUT2D eigenvalue weighted by molar-refractivity contribution is 6.33. The van der Waals surface area contributed by atoms with E-state index >= 15 is 0 Å². The van der Waals surface area contributed by atoms with Crippen molar-refractivity contribution in [1.29, 1.82) is 0 Å². The SMILES string of the molecule is COCCc1[nH]nc(N)c1-c1ccccc1Cl. The van der Waals surface area contributed by atoms with Crippen LogP contribution in [0.4, 0.5) is 5.82 Å². The van der Waals surface area contributed by atoms with Gasteiger partial charge in [0.1, 0.15) is 0 Å². The first-order valence-electron chi connectivity index (χ1n) is 5.30. The second-order valence-corrected chi connectivity index (χ2v) is 4.09. The van der Waals surface area contributed by atoms with Gasteiger partial charge in [-0.25, -0.2) is 0 Å². The van der Waals surface area contributed by atoms with E-state index in [1.165, 1.54) is 0 Å². The Morgan fingerprint density at radius 3 is 2.88 bits per heavy atom. The number of methoxy groups -OCH3 is 1. The molecule has 0 unspecified atom stereocenters. The lowest BCUT2D eigenvalue weighted by Crippen LogP contribution is -1.97. The molecule has 0 fully saturated rings. The number of ether oxygens (including phenoxy) is 1. The first kappa shape index (κ1) is 12.0. The molecule has 1 aromatic heterocycles. The van der Waals surface area contributed by atoms with E-state index in [0.29, 0.717) is 17.4 Å². The fourth-order valence-corrected chi connectivity index (χ4v) is 1.97. The van der Waals surface area contributed by atoms with Crippen LogP contribution in [0, 0.1) is 0 Å². The molecule has 2 rings (SSSR count). The number of nitrogens with one attached hydrogen (secondary N) is 1. The maximum Gasteiger partial charge on any atom is 0.153 e. The minimum atomic E-state index is 0.462. The van der Waals surface area contributed by atoms with E-state index in [2.05, 4.69) is 10.2 Å². The molecule has 1 aromatic carbocycles. The molecule has 3 N–H and O–H groups in total. The van der Waals surface area contributed by atoms with E-state index in [9.17, 15) is 0 Å². The predicted molar refractivity (Wildman–Crippen MR) is 69.0 cm³/mol. The number of hydrogen-bond acceptors (Lipinski definition) is 3. The van der Waals surface area contributed by atoms with Crippen LogP contribution < -0.4 is 5.73 Å². The molecular weight excluding hydrogens is 238 g/mol. The Morgan fingerprint density at radius 2 is 2.18 bits per heavy atom. The van der Waals surface area contributed by atoms with Gasteiger partial charge < -0.3 is 10.5 Å². The number of benzene rings is 1. The van der Waals surface area contributed by atoms with Crippen LogP contribution in [0.1, 0.15) is 5.69 Å². The van der Waals surface area contributed by atoms with Gasteiger partial charge in [-0.2, -0.15) is 5.10 Å². The van der Waals surface area contributed by atoms with Crippen LogP contribution >= 0.6 is 11.6 Å². The van der Waals surface area contributed by atoms with E-state index in [0.717, 1.165) is 23.2 Å². The first-order chi connectivity index (χ1) is 8.24. The maximum absolute atomic E-state index is 6.17. The highest BCUT2D eigenvalue weighted by Crippen LogP contribution is 2.33. The third-order valence-corrected chi connectivity index (χ3v) is 2.90. The molecule has 0 aliphatic rings. The molecule has 0 spiro atoms. The minimum Gasteiger partial charge on any atom is -0.384 e. The van der Waals surface area contributed by atoms with Gasteiger partial charge in [-0.1, -0.05) is 29.8 Å². The van der Waals surface area contributed by atoms with Gasteiger partial charge in [0.15, 0.2) is 5.82 Å². The lowest BCUT2D eigenvalue weighted by Gasteiger charge is -2.06. The molecule has 17 heavy (non-hydrogen) atoms. The lowest BCUT2D eigenvalue weighted by molar-refractivity contribution is 0.201. The molecule has 0 aliphatic heterocycles. The molecule has 2 aromatic rings. The minimum absolute atomic E-state index is 0.462. The van der Waals surface area contributed by atoms with Crippen molar-refractivity contribution in [3.63, 3.8) is 0 Å². The summed E-state index contributed by atoms with van der Waals surface area (Å²) in [6.07, 6.45) is 0.723. The molecular formula is C12H14ClN3O. The average molecular weight is 252 g/mol. The lowest BCUT2D eigenvalue weighted by atomic mass is 10.0. The van der Waals surface area contributed by atoms with E-state index in [1.54, 1.807) is 7.11 Å². The predicted octanol–water partition coefficient (Wildman–Crippen LogP) is 2.50. The Bertz CT molecular complexity index is 510. The van der Waals surface area contributed by atoms with Crippen molar-refractivity contribution in [3.05, 3.63) is 35.0 Å². The molecule has 5 heteroatoms. The Hall–Kier alpha value is -1.52. The zero-order chi connectivity index (χ0) is 12.3. The summed E-state index contributed by atoms with van der Waals surface area (Å²) in [4.78, 5) is 0. The molecule has 0 bridgehead atoms. The fourth-order valence-electron chi connectivity index (χ4n) is 1.74. The molecule has 1 heterocycles. The van der Waals surface area contributed by atoms with Gasteiger partial charge in [-0.15, -0.1) is 0 Å². The van der Waals surface area contributed by atoms with E-state index in [4.69, 9.17) is 22.1 Å². The van der Waals surface area contributed by atoms with Gasteiger partial charge in [0.05, 0.1) is 6.61 Å². The van der Waals surface area contributed by atoms with Crippen LogP contribution in [-0.4, -0.2) is 23.9 Å². The zero-order valence-corrected chi connectivity index (χ0v) is 10.3. The Balaban J connectivity index is 2.44. The second kappa shape index (κ2) is 5.21. The van der Waals surface area contributed by atoms with E-state index in [1.807, 2.05) is 24.3 Å². The highest BCUT2D eigenvalue weighted by atomic mass is 35.5. The van der Waals surface area contributed by atoms with Crippen LogP contribution in [0.5, 0.6) is 0 Å². The summed E-state index contributed by atoms with van der Waals surface area (Å²) < 4.78 is 5.05. The summed E-state index contributed by atoms with van der Waals surface area (Å²) in [6.45, 7) is 0.610. The largest absolute Gasteiger partial charge is 0.384 e. The number of aromatic nitrogens is 2. The number of hydrogen-bond donors (Lipinski definition) is 2. The number of halogens is 1. The van der Waals surface area contributed by atoms with Gasteiger partial charge in [-0.3, -0.25) is 5.10 Å². The molecule has 4 nitrogen and oxygen atoms in total. The van der Waals surface area contributed by atoms with Crippen LogP contribution in [0.2, 0.25) is 5.02 Å². The van der Waals surface area contributed by atoms with Gasteiger partial charge >= 0.3 is 0 Å². The van der Waals surface area contributed by atoms with Crippen molar-refractivity contribution in [2.24, 2.45) is 0 Å². The molecule has 0 saturated carbocycles. The Labute approximate surface area is 105 Å². The molecule has 0 atom stereocenters. The van der Waals surface area contributed by atoms with Crippen molar-refractivity contribution in [3.8, 4) is 11.1 Å². The van der Waals surface area contributed by atoms with Gasteiger partial charge in [0.2, 0.25) is 0 Å². The number of H-pyrrole nitrogens is 1. The van der Waals surface area contributed by atoms with Crippen LogP contribution in [-0.2, 0) is 11.2 Å². The van der Waals surface area contributed by atoms with Gasteiger partial charge in [-0.05, 0) is 6.07 Å². The van der Waals surface area contributed by atoms with Crippen molar-refractivity contribution < 1.29 is 4.74 Å². The highest BCUT2D eigenvalue weighted by Gasteiger charge is 2.14. The quantitative estimate of drug-likeness (QED) is 0.878. The Kier molecular flexibility index (Phi) is 3.66. The molecule has 90 valence electrons. The summed E-state index contributed by atoms with van der Waals surface area (Å²) in [6, 6.07) is 7.58. The summed E-state index contributed by atoms with van der Waals surface area (Å²) in [5.74, 6) is 0.462. The first-order valence-corrected chi connectivity index (χ1v) is 5.68. The zero-order valence-electron chi connectivity index (χ0n) is 9.53. The number of anilines is 1. The molecule has 0 saturated heterocycles. The standard InChI is InChI=1S/C12H14ClN3O/c1-17-7-6-10-11(12(14)16-15-10)8-4-2-3-5-9(8)13/h2-5H,6-7H2,1H3,(H3,14,15,16). The maximum atomic E-state index is 6.17. The summed E-state index contributed by atoms with van der Waals surface area (Å²) in [7, 11) is 1.66. The van der Waals surface area contributed by atoms with Crippen molar-refractivity contribution in [1.82, 2.24) is 10.2 Å². The topological polar surface area (TPSA) is 63.9 Å². The third-order valence-electron chi connectivity index (χ3n) is 2.57. The monoisotopic (exact) mass is 251 g/mol. The normalized spacial score (nSPS) is 10.7. The van der Waals surface area contributed by atoms with E-state index < -0.39 is 0 Å². The van der Waals surface area contributed by atoms with Gasteiger partial charge in [0, 0.05) is 35.4 Å². The van der Waals surface area contributed by atoms with Crippen molar-refractivity contribution in [2.75, 3.05) is 19.5 Å². The smallest absolute Gasteiger partial charge is 0.153 e. The van der Waals surface area contributed by atoms with Gasteiger partial charge in [0.25, 0.3) is 0 Å². The summed E-state index contributed by atoms with van der Waals surface area (Å²) in [5.41, 5.74) is 8.58. The van der Waals surface area contributed by atoms with Crippen molar-refractivity contribution >= 4 is 17.4 Å². The molecule has 0 aliphatic carbocycles. The number of nitrogen functional groups attached to an aromatic ring is 1. The van der Waals surface area contributed by atoms with Crippen LogP contribution in [0.15, 0.2) is 24.3 Å².